The maximum absolute atomic E-state index is 12.2. The summed E-state index contributed by atoms with van der Waals surface area (Å²) in [6.45, 7) is 1.62. The van der Waals surface area contributed by atoms with Gasteiger partial charge in [-0.3, -0.25) is 9.48 Å². The highest BCUT2D eigenvalue weighted by molar-refractivity contribution is 5.66. The van der Waals surface area contributed by atoms with Crippen LogP contribution < -0.4 is 0 Å². The summed E-state index contributed by atoms with van der Waals surface area (Å²) in [5, 5.41) is 11.8. The molecule has 90 valence electrons. The van der Waals surface area contributed by atoms with Crippen molar-refractivity contribution in [3.05, 3.63) is 18.0 Å². The zero-order chi connectivity index (χ0) is 12.3. The maximum atomic E-state index is 12.2. The summed E-state index contributed by atoms with van der Waals surface area (Å²) < 4.78 is 37.8. The lowest BCUT2D eigenvalue weighted by Gasteiger charge is -2.10. The molecule has 1 N–H and O–H groups in total. The molecule has 1 unspecified atom stereocenters. The fraction of sp³-hybridized carbons (Fsp3) is 0.556. The Morgan fingerprint density at radius 2 is 2.25 bits per heavy atom. The molecule has 1 heterocycles. The first-order chi connectivity index (χ1) is 7.30. The van der Waals surface area contributed by atoms with Gasteiger partial charge in [-0.1, -0.05) is 0 Å². The summed E-state index contributed by atoms with van der Waals surface area (Å²) >= 11 is 0. The van der Waals surface area contributed by atoms with Crippen molar-refractivity contribution in [3.63, 3.8) is 0 Å². The van der Waals surface area contributed by atoms with Crippen molar-refractivity contribution < 1.29 is 23.1 Å². The molecule has 0 fully saturated rings. The molecule has 0 saturated heterocycles. The van der Waals surface area contributed by atoms with Crippen LogP contribution in [0.3, 0.4) is 0 Å². The van der Waals surface area contributed by atoms with Crippen molar-refractivity contribution in [3.8, 4) is 0 Å². The minimum atomic E-state index is -4.46. The molecule has 0 aromatic carbocycles. The molecule has 4 nitrogen and oxygen atoms in total. The van der Waals surface area contributed by atoms with Crippen molar-refractivity contribution >= 4 is 5.97 Å². The number of aromatic nitrogens is 2. The largest absolute Gasteiger partial charge is 0.481 e. The van der Waals surface area contributed by atoms with Gasteiger partial charge < -0.3 is 5.11 Å². The number of carbonyl (C=O) groups is 1. The highest BCUT2D eigenvalue weighted by Gasteiger charge is 2.33. The first kappa shape index (κ1) is 12.5. The third kappa shape index (κ3) is 3.25. The highest BCUT2D eigenvalue weighted by Crippen LogP contribution is 2.28. The van der Waals surface area contributed by atoms with Gasteiger partial charge in [0.15, 0.2) is 5.69 Å². The smallest absolute Gasteiger partial charge is 0.435 e. The Kier molecular flexibility index (Phi) is 3.56. The molecule has 1 rings (SSSR count). The SMILES string of the molecule is CC(CCC(=O)O)n1ccc(C(F)(F)F)n1. The van der Waals surface area contributed by atoms with Crippen LogP contribution >= 0.6 is 0 Å². The van der Waals surface area contributed by atoms with Crippen LogP contribution in [0.1, 0.15) is 31.5 Å². The van der Waals surface area contributed by atoms with E-state index in [0.29, 0.717) is 0 Å². The van der Waals surface area contributed by atoms with Crippen LogP contribution in [0.4, 0.5) is 13.2 Å². The highest BCUT2D eigenvalue weighted by atomic mass is 19.4. The van der Waals surface area contributed by atoms with Gasteiger partial charge in [-0.15, -0.1) is 0 Å². The number of carboxylic acid groups (broad SMARTS) is 1. The van der Waals surface area contributed by atoms with Crippen LogP contribution in [0.25, 0.3) is 0 Å². The molecule has 0 aliphatic rings. The zero-order valence-electron chi connectivity index (χ0n) is 8.53. The first-order valence-electron chi connectivity index (χ1n) is 4.65. The van der Waals surface area contributed by atoms with E-state index in [1.54, 1.807) is 6.92 Å². The van der Waals surface area contributed by atoms with Crippen molar-refractivity contribution in [2.75, 3.05) is 0 Å². The van der Waals surface area contributed by atoms with Crippen LogP contribution in [0.5, 0.6) is 0 Å². The fourth-order valence-corrected chi connectivity index (χ4v) is 1.20. The van der Waals surface area contributed by atoms with Gasteiger partial charge in [-0.25, -0.2) is 0 Å². The number of alkyl halides is 3. The van der Waals surface area contributed by atoms with Crippen molar-refractivity contribution in [2.24, 2.45) is 0 Å². The Morgan fingerprint density at radius 1 is 1.62 bits per heavy atom. The third-order valence-corrected chi connectivity index (χ3v) is 2.13. The Bertz CT molecular complexity index is 373. The normalized spacial score (nSPS) is 13.8. The van der Waals surface area contributed by atoms with E-state index in [1.807, 2.05) is 0 Å². The van der Waals surface area contributed by atoms with Gasteiger partial charge in [0.25, 0.3) is 0 Å². The number of nitrogens with zero attached hydrogens (tertiary/aromatic N) is 2. The Balaban J connectivity index is 2.67. The summed E-state index contributed by atoms with van der Waals surface area (Å²) in [5.74, 6) is -0.977. The molecule has 7 heteroatoms. The number of halogens is 3. The summed E-state index contributed by atoms with van der Waals surface area (Å²) in [5.41, 5.74) is -0.963. The van der Waals surface area contributed by atoms with Crippen molar-refractivity contribution in [2.45, 2.75) is 32.0 Å². The van der Waals surface area contributed by atoms with Gasteiger partial charge in [0, 0.05) is 18.7 Å². The van der Waals surface area contributed by atoms with Crippen LogP contribution in [0.2, 0.25) is 0 Å². The number of hydrogen-bond donors (Lipinski definition) is 1. The van der Waals surface area contributed by atoms with E-state index < -0.39 is 17.8 Å². The third-order valence-electron chi connectivity index (χ3n) is 2.13. The van der Waals surface area contributed by atoms with E-state index >= 15 is 0 Å². The molecular weight excluding hydrogens is 225 g/mol. The van der Waals surface area contributed by atoms with E-state index in [4.69, 9.17) is 5.11 Å². The fourth-order valence-electron chi connectivity index (χ4n) is 1.20. The lowest BCUT2D eigenvalue weighted by molar-refractivity contribution is -0.142. The second kappa shape index (κ2) is 4.54. The Hall–Kier alpha value is -1.53. The van der Waals surface area contributed by atoms with E-state index in [0.717, 1.165) is 10.7 Å². The number of carboxylic acids is 1. The predicted molar refractivity (Wildman–Crippen MR) is 48.8 cm³/mol. The molecule has 1 aromatic rings. The van der Waals surface area contributed by atoms with Gasteiger partial charge >= 0.3 is 12.1 Å². The second-order valence-corrected chi connectivity index (χ2v) is 3.46. The molecule has 16 heavy (non-hydrogen) atoms. The van der Waals surface area contributed by atoms with E-state index in [-0.39, 0.29) is 18.9 Å². The zero-order valence-corrected chi connectivity index (χ0v) is 8.53. The van der Waals surface area contributed by atoms with Gasteiger partial charge in [0.05, 0.1) is 0 Å². The quantitative estimate of drug-likeness (QED) is 0.872. The lowest BCUT2D eigenvalue weighted by atomic mass is 10.2. The topological polar surface area (TPSA) is 55.1 Å². The summed E-state index contributed by atoms with van der Waals surface area (Å²) in [6, 6.07) is 0.504. The monoisotopic (exact) mass is 236 g/mol. The lowest BCUT2D eigenvalue weighted by Crippen LogP contribution is -2.11. The predicted octanol–water partition coefficient (Wildman–Crippen LogP) is 2.33. The van der Waals surface area contributed by atoms with Crippen LogP contribution in [-0.2, 0) is 11.0 Å². The van der Waals surface area contributed by atoms with Gasteiger partial charge in [0.2, 0.25) is 0 Å². The van der Waals surface area contributed by atoms with Gasteiger partial charge in [-0.2, -0.15) is 18.3 Å². The number of rotatable bonds is 4. The van der Waals surface area contributed by atoms with Gasteiger partial charge in [0.1, 0.15) is 0 Å². The molecule has 0 radical (unpaired) electrons. The Morgan fingerprint density at radius 3 is 2.69 bits per heavy atom. The van der Waals surface area contributed by atoms with Crippen LogP contribution in [0.15, 0.2) is 12.3 Å². The number of hydrogen-bond acceptors (Lipinski definition) is 2. The molecule has 0 spiro atoms. The van der Waals surface area contributed by atoms with E-state index in [1.165, 1.54) is 6.20 Å². The summed E-state index contributed by atoms with van der Waals surface area (Å²) in [7, 11) is 0. The van der Waals surface area contributed by atoms with Crippen LogP contribution in [0, 0.1) is 0 Å². The molecule has 1 atom stereocenters. The molecule has 0 aliphatic heterocycles. The Labute approximate surface area is 89.7 Å². The van der Waals surface area contributed by atoms with Crippen molar-refractivity contribution in [1.29, 1.82) is 0 Å². The summed E-state index contributed by atoms with van der Waals surface area (Å²) in [4.78, 5) is 10.3. The van der Waals surface area contributed by atoms with Crippen molar-refractivity contribution in [1.82, 2.24) is 9.78 Å². The van der Waals surface area contributed by atoms with E-state index in [2.05, 4.69) is 5.10 Å². The maximum Gasteiger partial charge on any atom is 0.435 e. The molecule has 0 bridgehead atoms. The van der Waals surface area contributed by atoms with Gasteiger partial charge in [-0.05, 0) is 19.4 Å². The second-order valence-electron chi connectivity index (χ2n) is 3.46. The standard InChI is InChI=1S/C9H11F3N2O2/c1-6(2-3-8(15)16)14-5-4-7(13-14)9(10,11)12/h4-6H,2-3H2,1H3,(H,15,16). The minimum Gasteiger partial charge on any atom is -0.481 e. The molecule has 1 aromatic heterocycles. The first-order valence-corrected chi connectivity index (χ1v) is 4.65. The van der Waals surface area contributed by atoms with Crippen LogP contribution in [-0.4, -0.2) is 20.9 Å². The average Bonchev–Trinajstić information content (AvgIpc) is 2.61. The minimum absolute atomic E-state index is 0.0949. The molecule has 0 saturated carbocycles. The number of aliphatic carboxylic acids is 1. The molecule has 0 aliphatic carbocycles. The molecule has 0 amide bonds. The van der Waals surface area contributed by atoms with E-state index in [9.17, 15) is 18.0 Å². The summed E-state index contributed by atoms with van der Waals surface area (Å²) in [6.07, 6.45) is -3.11. The average molecular weight is 236 g/mol. The molecular formula is C9H11F3N2O2.